The fourth-order valence-electron chi connectivity index (χ4n) is 1.78. The van der Waals surface area contributed by atoms with Crippen molar-refractivity contribution in [3.8, 4) is 0 Å². The minimum atomic E-state index is -0.617. The van der Waals surface area contributed by atoms with Crippen molar-refractivity contribution in [1.82, 2.24) is 10.6 Å². The average molecular weight is 277 g/mol. The summed E-state index contributed by atoms with van der Waals surface area (Å²) in [5.41, 5.74) is 6.87. The number of nitrogens with one attached hydrogen (secondary N) is 2. The molecule has 1 rings (SSSR count). The summed E-state index contributed by atoms with van der Waals surface area (Å²) in [5, 5.41) is 5.38. The fourth-order valence-corrected chi connectivity index (χ4v) is 1.78. The second kappa shape index (κ2) is 7.05. The highest BCUT2D eigenvalue weighted by molar-refractivity contribution is 5.83. The molecule has 0 aliphatic rings. The van der Waals surface area contributed by atoms with Crippen LogP contribution in [-0.4, -0.2) is 25.4 Å². The van der Waals surface area contributed by atoms with Gasteiger partial charge < -0.3 is 16.4 Å². The molecule has 0 unspecified atom stereocenters. The summed E-state index contributed by atoms with van der Waals surface area (Å²) in [5.74, 6) is -0.187. The van der Waals surface area contributed by atoms with Crippen LogP contribution in [0.15, 0.2) is 24.3 Å². The van der Waals surface area contributed by atoms with Crippen LogP contribution in [-0.2, 0) is 22.6 Å². The monoisotopic (exact) mass is 277 g/mol. The second-order valence-corrected chi connectivity index (χ2v) is 5.44. The van der Waals surface area contributed by atoms with Crippen LogP contribution < -0.4 is 16.4 Å². The third-order valence-corrected chi connectivity index (χ3v) is 3.19. The molecule has 0 bridgehead atoms. The third kappa shape index (κ3) is 4.66. The summed E-state index contributed by atoms with van der Waals surface area (Å²) in [6.07, 6.45) is 0.300. The van der Waals surface area contributed by atoms with Crippen molar-refractivity contribution in [2.24, 2.45) is 11.1 Å². The molecule has 0 radical (unpaired) electrons. The molecule has 0 saturated heterocycles. The quantitative estimate of drug-likeness (QED) is 0.711. The van der Waals surface area contributed by atoms with E-state index in [9.17, 15) is 9.59 Å². The smallest absolute Gasteiger partial charge is 0.227 e. The van der Waals surface area contributed by atoms with Crippen molar-refractivity contribution in [1.29, 1.82) is 0 Å². The number of hydrogen-bond donors (Lipinski definition) is 3. The molecule has 0 aliphatic heterocycles. The summed E-state index contributed by atoms with van der Waals surface area (Å²) in [6.45, 7) is 4.39. The van der Waals surface area contributed by atoms with Gasteiger partial charge in [-0.25, -0.2) is 0 Å². The molecule has 0 heterocycles. The molecule has 1 aromatic rings. The Hall–Kier alpha value is -1.88. The van der Waals surface area contributed by atoms with E-state index in [1.165, 1.54) is 0 Å². The molecule has 20 heavy (non-hydrogen) atoms. The van der Waals surface area contributed by atoms with E-state index in [0.717, 1.165) is 11.1 Å². The zero-order chi connectivity index (χ0) is 15.2. The van der Waals surface area contributed by atoms with Crippen LogP contribution >= 0.6 is 0 Å². The number of benzene rings is 1. The molecular weight excluding hydrogens is 254 g/mol. The fraction of sp³-hybridized carbons (Fsp3) is 0.467. The van der Waals surface area contributed by atoms with Crippen LogP contribution in [0.2, 0.25) is 0 Å². The number of hydrogen-bond acceptors (Lipinski definition) is 3. The molecule has 0 fully saturated rings. The van der Waals surface area contributed by atoms with Crippen molar-refractivity contribution < 1.29 is 9.59 Å². The van der Waals surface area contributed by atoms with Gasteiger partial charge in [-0.05, 0) is 25.0 Å². The Morgan fingerprint density at radius 2 is 1.70 bits per heavy atom. The van der Waals surface area contributed by atoms with Gasteiger partial charge >= 0.3 is 0 Å². The Labute approximate surface area is 119 Å². The highest BCUT2D eigenvalue weighted by Crippen LogP contribution is 2.13. The highest BCUT2D eigenvalue weighted by atomic mass is 16.2. The zero-order valence-corrected chi connectivity index (χ0v) is 12.3. The summed E-state index contributed by atoms with van der Waals surface area (Å²) >= 11 is 0. The van der Waals surface area contributed by atoms with Crippen molar-refractivity contribution >= 4 is 11.8 Å². The molecule has 110 valence electrons. The maximum atomic E-state index is 11.9. The zero-order valence-electron chi connectivity index (χ0n) is 12.3. The Morgan fingerprint density at radius 3 is 2.20 bits per heavy atom. The number of nitrogens with two attached hydrogens (primary N) is 1. The maximum absolute atomic E-state index is 11.9. The van der Waals surface area contributed by atoms with Gasteiger partial charge in [-0.15, -0.1) is 0 Å². The van der Waals surface area contributed by atoms with E-state index in [0.29, 0.717) is 19.5 Å². The molecule has 0 aliphatic carbocycles. The highest BCUT2D eigenvalue weighted by Gasteiger charge is 2.26. The molecule has 5 nitrogen and oxygen atoms in total. The molecule has 0 atom stereocenters. The van der Waals surface area contributed by atoms with Gasteiger partial charge in [0.15, 0.2) is 0 Å². The molecule has 5 heteroatoms. The summed E-state index contributed by atoms with van der Waals surface area (Å²) in [7, 11) is 1.59. The Balaban J connectivity index is 2.49. The number of carbonyl (C=O) groups excluding carboxylic acids is 2. The second-order valence-electron chi connectivity index (χ2n) is 5.44. The summed E-state index contributed by atoms with van der Waals surface area (Å²) in [4.78, 5) is 23.5. The SMILES string of the molecule is CNC(=O)C(C)(C)CNC(=O)Cc1ccc(CN)cc1. The van der Waals surface area contributed by atoms with Crippen LogP contribution in [0.3, 0.4) is 0 Å². The predicted molar refractivity (Wildman–Crippen MR) is 78.9 cm³/mol. The molecule has 0 spiro atoms. The molecule has 0 saturated carbocycles. The first kappa shape index (κ1) is 16.2. The number of amides is 2. The first-order valence-corrected chi connectivity index (χ1v) is 6.66. The lowest BCUT2D eigenvalue weighted by molar-refractivity contribution is -0.129. The number of carbonyl (C=O) groups is 2. The summed E-state index contributed by atoms with van der Waals surface area (Å²) < 4.78 is 0. The van der Waals surface area contributed by atoms with Gasteiger partial charge in [-0.1, -0.05) is 24.3 Å². The van der Waals surface area contributed by atoms with Gasteiger partial charge in [-0.2, -0.15) is 0 Å². The lowest BCUT2D eigenvalue weighted by Crippen LogP contribution is -2.44. The number of rotatable bonds is 6. The lowest BCUT2D eigenvalue weighted by atomic mass is 9.92. The van der Waals surface area contributed by atoms with Crippen LogP contribution in [0.1, 0.15) is 25.0 Å². The first-order chi connectivity index (χ1) is 9.39. The molecular formula is C15H23N3O2. The van der Waals surface area contributed by atoms with Crippen molar-refractivity contribution in [2.75, 3.05) is 13.6 Å². The third-order valence-electron chi connectivity index (χ3n) is 3.19. The van der Waals surface area contributed by atoms with Crippen molar-refractivity contribution in [2.45, 2.75) is 26.8 Å². The predicted octanol–water partition coefficient (Wildman–Crippen LogP) is 0.576. The molecule has 2 amide bonds. The maximum Gasteiger partial charge on any atom is 0.227 e. The first-order valence-electron chi connectivity index (χ1n) is 6.66. The van der Waals surface area contributed by atoms with Crippen LogP contribution in [0.4, 0.5) is 0 Å². The van der Waals surface area contributed by atoms with Gasteiger partial charge in [0.05, 0.1) is 11.8 Å². The average Bonchev–Trinajstić information content (AvgIpc) is 2.45. The van der Waals surface area contributed by atoms with E-state index in [1.54, 1.807) is 20.9 Å². The van der Waals surface area contributed by atoms with Gasteiger partial charge in [0, 0.05) is 20.1 Å². The van der Waals surface area contributed by atoms with Gasteiger partial charge in [0.25, 0.3) is 0 Å². The Morgan fingerprint density at radius 1 is 1.15 bits per heavy atom. The van der Waals surface area contributed by atoms with E-state index in [-0.39, 0.29) is 11.8 Å². The largest absolute Gasteiger partial charge is 0.359 e. The molecule has 0 aromatic heterocycles. The van der Waals surface area contributed by atoms with Gasteiger partial charge in [-0.3, -0.25) is 9.59 Å². The van der Waals surface area contributed by atoms with Crippen LogP contribution in [0.5, 0.6) is 0 Å². The van der Waals surface area contributed by atoms with E-state index in [2.05, 4.69) is 10.6 Å². The minimum absolute atomic E-state index is 0.0925. The minimum Gasteiger partial charge on any atom is -0.359 e. The van der Waals surface area contributed by atoms with Crippen LogP contribution in [0, 0.1) is 5.41 Å². The van der Waals surface area contributed by atoms with E-state index in [4.69, 9.17) is 5.73 Å². The van der Waals surface area contributed by atoms with E-state index < -0.39 is 5.41 Å². The Kier molecular flexibility index (Phi) is 5.70. The van der Waals surface area contributed by atoms with Gasteiger partial charge in [0.2, 0.25) is 11.8 Å². The normalized spacial score (nSPS) is 11.0. The van der Waals surface area contributed by atoms with E-state index >= 15 is 0 Å². The summed E-state index contributed by atoms with van der Waals surface area (Å²) in [6, 6.07) is 7.62. The molecule has 4 N–H and O–H groups in total. The Bertz CT molecular complexity index is 467. The molecule has 1 aromatic carbocycles. The van der Waals surface area contributed by atoms with Crippen molar-refractivity contribution in [3.05, 3.63) is 35.4 Å². The standard InChI is InChI=1S/C15H23N3O2/c1-15(2,14(20)17-3)10-18-13(19)8-11-4-6-12(9-16)7-5-11/h4-7H,8-10,16H2,1-3H3,(H,17,20)(H,18,19). The van der Waals surface area contributed by atoms with Crippen molar-refractivity contribution in [3.63, 3.8) is 0 Å². The lowest BCUT2D eigenvalue weighted by Gasteiger charge is -2.22. The van der Waals surface area contributed by atoms with Crippen LogP contribution in [0.25, 0.3) is 0 Å². The topological polar surface area (TPSA) is 84.2 Å². The van der Waals surface area contributed by atoms with E-state index in [1.807, 2.05) is 24.3 Å². The van der Waals surface area contributed by atoms with Gasteiger partial charge in [0.1, 0.15) is 0 Å².